The van der Waals surface area contributed by atoms with Crippen LogP contribution in [0.5, 0.6) is 5.75 Å². The summed E-state index contributed by atoms with van der Waals surface area (Å²) in [6, 6.07) is 7.25. The Morgan fingerprint density at radius 2 is 1.71 bits per heavy atom. The fourth-order valence-corrected chi connectivity index (χ4v) is 5.51. The monoisotopic (exact) mass is 523 g/mol. The molecule has 3 rings (SSSR count). The molecule has 1 aromatic rings. The summed E-state index contributed by atoms with van der Waals surface area (Å²) in [5, 5.41) is 10.3. The van der Waals surface area contributed by atoms with Crippen LogP contribution in [0, 0.1) is 0 Å². The van der Waals surface area contributed by atoms with E-state index in [1.54, 1.807) is 24.1 Å². The van der Waals surface area contributed by atoms with Crippen LogP contribution >= 0.6 is 0 Å². The van der Waals surface area contributed by atoms with Crippen LogP contribution in [0.4, 0.5) is 13.2 Å². The average molecular weight is 524 g/mol. The molecule has 13 heteroatoms. The van der Waals surface area contributed by atoms with Gasteiger partial charge in [0.2, 0.25) is 10.0 Å². The van der Waals surface area contributed by atoms with Gasteiger partial charge in [0.15, 0.2) is 0 Å². The van der Waals surface area contributed by atoms with Crippen molar-refractivity contribution < 1.29 is 41.0 Å². The largest absolute Gasteiger partial charge is 0.496 e. The normalized spacial score (nSPS) is 17.7. The molecule has 0 unspecified atom stereocenters. The first kappa shape index (κ1) is 28.9. The van der Waals surface area contributed by atoms with Gasteiger partial charge in [-0.05, 0) is 25.0 Å². The number of carbonyl (C=O) groups excluding carboxylic acids is 1. The molecule has 1 amide bonds. The Kier molecular flexibility index (Phi) is 10.8. The number of amides is 1. The molecule has 0 spiro atoms. The van der Waals surface area contributed by atoms with Crippen molar-refractivity contribution in [2.24, 2.45) is 0 Å². The van der Waals surface area contributed by atoms with Gasteiger partial charge < -0.3 is 20.1 Å². The first-order valence-electron chi connectivity index (χ1n) is 11.4. The van der Waals surface area contributed by atoms with Gasteiger partial charge in [0.25, 0.3) is 5.91 Å². The van der Waals surface area contributed by atoms with Gasteiger partial charge in [-0.2, -0.15) is 17.5 Å². The number of para-hydroxylation sites is 1. The summed E-state index contributed by atoms with van der Waals surface area (Å²) in [5.41, 5.74) is 0.496. The summed E-state index contributed by atoms with van der Waals surface area (Å²) < 4.78 is 64.2. The standard InChI is InChI=1S/C20H31N3O4S.C2HF3O2/c1-27-19-10-6-5-9-18(19)20(24)23(17-7-3-2-4-8-17)15-16-28(25,26)22-13-11-21-12-14-22;3-2(4,5)1(6)7/h5-6,9-10,17,21H,2-4,7-8,11-16H2,1H3;(H,6,7). The van der Waals surface area contributed by atoms with Crippen molar-refractivity contribution in [1.29, 1.82) is 0 Å². The number of methoxy groups -OCH3 is 1. The Balaban J connectivity index is 0.000000540. The van der Waals surface area contributed by atoms with E-state index in [2.05, 4.69) is 5.32 Å². The number of ether oxygens (including phenoxy) is 1. The lowest BCUT2D eigenvalue weighted by atomic mass is 9.93. The molecule has 35 heavy (non-hydrogen) atoms. The second kappa shape index (κ2) is 13.1. The number of hydrogen-bond acceptors (Lipinski definition) is 6. The number of nitrogens with one attached hydrogen (secondary N) is 1. The van der Waals surface area contributed by atoms with Gasteiger partial charge in [0, 0.05) is 38.8 Å². The number of sulfonamides is 1. The lowest BCUT2D eigenvalue weighted by molar-refractivity contribution is -0.192. The van der Waals surface area contributed by atoms with Gasteiger partial charge in [-0.3, -0.25) is 4.79 Å². The zero-order valence-electron chi connectivity index (χ0n) is 19.6. The maximum Gasteiger partial charge on any atom is 0.490 e. The van der Waals surface area contributed by atoms with Crippen molar-refractivity contribution in [2.45, 2.75) is 44.3 Å². The van der Waals surface area contributed by atoms with Crippen molar-refractivity contribution in [3.05, 3.63) is 29.8 Å². The summed E-state index contributed by atoms with van der Waals surface area (Å²) in [7, 11) is -1.83. The molecule has 2 fully saturated rings. The Labute approximate surface area is 203 Å². The van der Waals surface area contributed by atoms with Gasteiger partial charge >= 0.3 is 12.1 Å². The predicted molar refractivity (Wildman–Crippen MR) is 123 cm³/mol. The summed E-state index contributed by atoms with van der Waals surface area (Å²) in [6.07, 6.45) is 0.0885. The van der Waals surface area contributed by atoms with E-state index in [9.17, 15) is 26.4 Å². The molecule has 9 nitrogen and oxygen atoms in total. The van der Waals surface area contributed by atoms with Crippen molar-refractivity contribution in [1.82, 2.24) is 14.5 Å². The summed E-state index contributed by atoms with van der Waals surface area (Å²) in [6.45, 7) is 2.55. The van der Waals surface area contributed by atoms with Crippen molar-refractivity contribution in [3.8, 4) is 5.75 Å². The topological polar surface area (TPSA) is 116 Å². The minimum Gasteiger partial charge on any atom is -0.496 e. The highest BCUT2D eigenvalue weighted by atomic mass is 32.2. The minimum absolute atomic E-state index is 0.0373. The molecule has 198 valence electrons. The highest BCUT2D eigenvalue weighted by Crippen LogP contribution is 2.27. The Morgan fingerprint density at radius 1 is 1.14 bits per heavy atom. The number of benzene rings is 1. The molecule has 1 saturated carbocycles. The molecule has 0 aromatic heterocycles. The van der Waals surface area contributed by atoms with E-state index in [-0.39, 0.29) is 24.2 Å². The molecule has 0 radical (unpaired) electrons. The van der Waals surface area contributed by atoms with Gasteiger partial charge in [0.1, 0.15) is 5.75 Å². The highest BCUT2D eigenvalue weighted by Gasteiger charge is 2.38. The zero-order chi connectivity index (χ0) is 26.1. The first-order valence-corrected chi connectivity index (χ1v) is 13.0. The first-order chi connectivity index (χ1) is 16.5. The number of carboxylic acids is 1. The summed E-state index contributed by atoms with van der Waals surface area (Å²) >= 11 is 0. The number of nitrogens with zero attached hydrogens (tertiary/aromatic N) is 2. The van der Waals surface area contributed by atoms with E-state index < -0.39 is 22.2 Å². The lowest BCUT2D eigenvalue weighted by Gasteiger charge is -2.35. The van der Waals surface area contributed by atoms with Crippen molar-refractivity contribution >= 4 is 21.9 Å². The second-order valence-corrected chi connectivity index (χ2v) is 10.3. The molecule has 1 saturated heterocycles. The molecule has 1 aliphatic carbocycles. The van der Waals surface area contributed by atoms with Crippen LogP contribution in [-0.4, -0.2) is 92.4 Å². The maximum atomic E-state index is 13.3. The summed E-state index contributed by atoms with van der Waals surface area (Å²) in [5.74, 6) is -2.41. The maximum absolute atomic E-state index is 13.3. The van der Waals surface area contributed by atoms with E-state index >= 15 is 0 Å². The minimum atomic E-state index is -5.08. The number of alkyl halides is 3. The SMILES string of the molecule is COc1ccccc1C(=O)N(CCS(=O)(=O)N1CCNCC1)C1CCCCC1.O=C(O)C(F)(F)F. The van der Waals surface area contributed by atoms with Crippen LogP contribution in [0.1, 0.15) is 42.5 Å². The van der Waals surface area contributed by atoms with Gasteiger partial charge in [-0.15, -0.1) is 0 Å². The van der Waals surface area contributed by atoms with Crippen molar-refractivity contribution in [2.75, 3.05) is 45.6 Å². The fourth-order valence-electron chi connectivity index (χ4n) is 4.08. The number of halogens is 3. The highest BCUT2D eigenvalue weighted by molar-refractivity contribution is 7.89. The van der Waals surface area contributed by atoms with E-state index in [1.165, 1.54) is 10.7 Å². The van der Waals surface area contributed by atoms with Gasteiger partial charge in [-0.1, -0.05) is 31.4 Å². The average Bonchev–Trinajstić information content (AvgIpc) is 2.85. The van der Waals surface area contributed by atoms with E-state index in [0.29, 0.717) is 37.5 Å². The number of rotatable bonds is 7. The number of piperazine rings is 1. The van der Waals surface area contributed by atoms with Crippen LogP contribution in [0.3, 0.4) is 0 Å². The number of aliphatic carboxylic acids is 1. The third kappa shape index (κ3) is 8.65. The lowest BCUT2D eigenvalue weighted by Crippen LogP contribution is -2.50. The summed E-state index contributed by atoms with van der Waals surface area (Å²) in [4.78, 5) is 24.0. The quantitative estimate of drug-likeness (QED) is 0.564. The van der Waals surface area contributed by atoms with Gasteiger partial charge in [-0.25, -0.2) is 13.2 Å². The van der Waals surface area contributed by atoms with Crippen LogP contribution in [0.2, 0.25) is 0 Å². The van der Waals surface area contributed by atoms with Crippen LogP contribution < -0.4 is 10.1 Å². The molecule has 1 aliphatic heterocycles. The van der Waals surface area contributed by atoms with E-state index in [4.69, 9.17) is 14.6 Å². The molecule has 2 aliphatic rings. The zero-order valence-corrected chi connectivity index (χ0v) is 20.4. The van der Waals surface area contributed by atoms with Crippen molar-refractivity contribution in [3.63, 3.8) is 0 Å². The third-order valence-corrected chi connectivity index (χ3v) is 7.77. The smallest absolute Gasteiger partial charge is 0.490 e. The Bertz CT molecular complexity index is 946. The molecule has 1 aromatic carbocycles. The van der Waals surface area contributed by atoms with Crippen LogP contribution in [0.15, 0.2) is 24.3 Å². The third-order valence-electron chi connectivity index (χ3n) is 5.92. The number of hydrogen-bond donors (Lipinski definition) is 2. The molecule has 0 bridgehead atoms. The predicted octanol–water partition coefficient (Wildman–Crippen LogP) is 2.34. The van der Waals surface area contributed by atoms with E-state index in [0.717, 1.165) is 25.7 Å². The molecular weight excluding hydrogens is 491 g/mol. The van der Waals surface area contributed by atoms with Crippen LogP contribution in [0.25, 0.3) is 0 Å². The second-order valence-electron chi connectivity index (χ2n) is 8.26. The van der Waals surface area contributed by atoms with E-state index in [1.807, 2.05) is 12.1 Å². The Hall–Kier alpha value is -2.38. The molecular formula is C22H32F3N3O6S. The number of carboxylic acid groups (broad SMARTS) is 1. The molecule has 2 N–H and O–H groups in total. The Morgan fingerprint density at radius 3 is 2.26 bits per heavy atom. The van der Waals surface area contributed by atoms with Gasteiger partial charge in [0.05, 0.1) is 18.4 Å². The fraction of sp³-hybridized carbons (Fsp3) is 0.636. The molecule has 1 heterocycles. The number of carbonyl (C=O) groups is 2. The molecule has 0 atom stereocenters. The van der Waals surface area contributed by atoms with Crippen LogP contribution in [-0.2, 0) is 14.8 Å².